The Morgan fingerprint density at radius 1 is 0.848 bits per heavy atom. The minimum atomic E-state index is -0.784. The molecule has 3 aromatic rings. The number of anilines is 1. The van der Waals surface area contributed by atoms with E-state index in [1.54, 1.807) is 30.3 Å². The number of nitrogens with zero attached hydrogens (tertiary/aromatic N) is 2. The van der Waals surface area contributed by atoms with Crippen molar-refractivity contribution < 1.29 is 19.1 Å². The third-order valence-corrected chi connectivity index (χ3v) is 5.67. The summed E-state index contributed by atoms with van der Waals surface area (Å²) in [7, 11) is 1.53. The lowest BCUT2D eigenvalue weighted by atomic mass is 10.1. The molecule has 0 saturated carbocycles. The van der Waals surface area contributed by atoms with Crippen molar-refractivity contribution in [2.24, 2.45) is 0 Å². The number of carbonyl (C=O) groups excluding carboxylic acids is 3. The van der Waals surface area contributed by atoms with Gasteiger partial charge in [0, 0.05) is 17.1 Å². The van der Waals surface area contributed by atoms with Crippen molar-refractivity contribution in [2.75, 3.05) is 12.0 Å². The third kappa shape index (κ3) is 4.05. The van der Waals surface area contributed by atoms with E-state index in [1.165, 1.54) is 7.11 Å². The number of benzene rings is 2. The molecule has 168 valence electrons. The van der Waals surface area contributed by atoms with Crippen LogP contribution in [-0.2, 0) is 9.59 Å². The summed E-state index contributed by atoms with van der Waals surface area (Å²) in [5.41, 5.74) is 6.13. The number of aromatic nitrogens is 1. The van der Waals surface area contributed by atoms with Crippen molar-refractivity contribution >= 4 is 29.6 Å². The first kappa shape index (κ1) is 22.1. The molecular formula is C26H25N3O4. The SMILES string of the molecule is COc1ccc(N2C(=O)NC(=O)/C(=C\c3cc(C)n(-c4cc(C)cc(C)c4)c3C)C2=O)cc1. The van der Waals surface area contributed by atoms with Gasteiger partial charge in [-0.1, -0.05) is 6.07 Å². The van der Waals surface area contributed by atoms with Gasteiger partial charge in [-0.25, -0.2) is 9.69 Å². The molecule has 4 amide bonds. The van der Waals surface area contributed by atoms with E-state index in [-0.39, 0.29) is 5.57 Å². The van der Waals surface area contributed by atoms with Crippen LogP contribution in [0.1, 0.15) is 28.1 Å². The number of ether oxygens (including phenoxy) is 1. The summed E-state index contributed by atoms with van der Waals surface area (Å²) in [4.78, 5) is 39.2. The molecule has 4 rings (SSSR count). The Kier molecular flexibility index (Phi) is 5.64. The van der Waals surface area contributed by atoms with Crippen LogP contribution in [0.3, 0.4) is 0 Å². The maximum absolute atomic E-state index is 13.2. The number of carbonyl (C=O) groups is 3. The molecule has 1 saturated heterocycles. The highest BCUT2D eigenvalue weighted by molar-refractivity contribution is 6.39. The van der Waals surface area contributed by atoms with Crippen LogP contribution in [0.25, 0.3) is 11.8 Å². The predicted octanol–water partition coefficient (Wildman–Crippen LogP) is 4.39. The van der Waals surface area contributed by atoms with Crippen LogP contribution in [-0.4, -0.2) is 29.5 Å². The number of nitrogens with one attached hydrogen (secondary N) is 1. The number of hydrogen-bond donors (Lipinski definition) is 1. The average molecular weight is 444 g/mol. The second kappa shape index (κ2) is 8.43. The zero-order valence-electron chi connectivity index (χ0n) is 19.2. The molecular weight excluding hydrogens is 418 g/mol. The molecule has 2 aromatic carbocycles. The molecule has 0 spiro atoms. The van der Waals surface area contributed by atoms with Crippen molar-refractivity contribution in [3.8, 4) is 11.4 Å². The van der Waals surface area contributed by atoms with Crippen LogP contribution < -0.4 is 15.0 Å². The molecule has 1 aliphatic heterocycles. The smallest absolute Gasteiger partial charge is 0.335 e. The fraction of sp³-hybridized carbons (Fsp3) is 0.192. The van der Waals surface area contributed by atoms with Crippen LogP contribution in [0.2, 0.25) is 0 Å². The van der Waals surface area contributed by atoms with Gasteiger partial charge in [0.25, 0.3) is 11.8 Å². The molecule has 1 aliphatic rings. The van der Waals surface area contributed by atoms with Crippen LogP contribution in [0.15, 0.2) is 54.1 Å². The summed E-state index contributed by atoms with van der Waals surface area (Å²) < 4.78 is 7.22. The van der Waals surface area contributed by atoms with Crippen LogP contribution in [0.4, 0.5) is 10.5 Å². The second-order valence-electron chi connectivity index (χ2n) is 8.16. The Labute approximate surface area is 192 Å². The summed E-state index contributed by atoms with van der Waals surface area (Å²) in [6.45, 7) is 8.00. The largest absolute Gasteiger partial charge is 0.497 e. The van der Waals surface area contributed by atoms with Gasteiger partial charge >= 0.3 is 6.03 Å². The van der Waals surface area contributed by atoms with E-state index in [0.717, 1.165) is 38.7 Å². The van der Waals surface area contributed by atoms with Gasteiger partial charge < -0.3 is 9.30 Å². The van der Waals surface area contributed by atoms with Crippen LogP contribution >= 0.6 is 0 Å². The fourth-order valence-electron chi connectivity index (χ4n) is 4.19. The number of amides is 4. The van der Waals surface area contributed by atoms with Crippen molar-refractivity contribution in [3.05, 3.63) is 82.2 Å². The first-order valence-corrected chi connectivity index (χ1v) is 10.5. The van der Waals surface area contributed by atoms with E-state index in [2.05, 4.69) is 28.1 Å². The zero-order chi connectivity index (χ0) is 23.9. The van der Waals surface area contributed by atoms with Gasteiger partial charge in [0.2, 0.25) is 0 Å². The van der Waals surface area contributed by atoms with E-state index in [4.69, 9.17) is 4.74 Å². The van der Waals surface area contributed by atoms with Crippen LogP contribution in [0, 0.1) is 27.7 Å². The number of barbiturate groups is 1. The number of methoxy groups -OCH3 is 1. The predicted molar refractivity (Wildman–Crippen MR) is 127 cm³/mol. The minimum absolute atomic E-state index is 0.105. The maximum Gasteiger partial charge on any atom is 0.335 e. The van der Waals surface area contributed by atoms with Gasteiger partial charge in [-0.15, -0.1) is 0 Å². The Morgan fingerprint density at radius 3 is 2.09 bits per heavy atom. The van der Waals surface area contributed by atoms with E-state index >= 15 is 0 Å². The van der Waals surface area contributed by atoms with Gasteiger partial charge in [0.15, 0.2) is 0 Å². The van der Waals surface area contributed by atoms with Gasteiger partial charge in [-0.05, 0) is 92.9 Å². The van der Waals surface area contributed by atoms with E-state index in [9.17, 15) is 14.4 Å². The molecule has 0 aliphatic carbocycles. The van der Waals surface area contributed by atoms with Gasteiger partial charge in [0.05, 0.1) is 12.8 Å². The third-order valence-electron chi connectivity index (χ3n) is 5.67. The fourth-order valence-corrected chi connectivity index (χ4v) is 4.19. The highest BCUT2D eigenvalue weighted by Gasteiger charge is 2.37. The van der Waals surface area contributed by atoms with Crippen molar-refractivity contribution in [1.82, 2.24) is 9.88 Å². The van der Waals surface area contributed by atoms with Gasteiger partial charge in [-0.3, -0.25) is 14.9 Å². The molecule has 7 heteroatoms. The van der Waals surface area contributed by atoms with Crippen molar-refractivity contribution in [2.45, 2.75) is 27.7 Å². The Balaban J connectivity index is 1.75. The molecule has 0 atom stereocenters. The quantitative estimate of drug-likeness (QED) is 0.479. The first-order chi connectivity index (χ1) is 15.7. The highest BCUT2D eigenvalue weighted by atomic mass is 16.5. The second-order valence-corrected chi connectivity index (χ2v) is 8.16. The summed E-state index contributed by atoms with van der Waals surface area (Å²) in [5, 5.41) is 2.27. The average Bonchev–Trinajstić information content (AvgIpc) is 3.03. The molecule has 33 heavy (non-hydrogen) atoms. The molecule has 0 radical (unpaired) electrons. The monoisotopic (exact) mass is 443 g/mol. The number of rotatable bonds is 4. The number of urea groups is 1. The van der Waals surface area contributed by atoms with Gasteiger partial charge in [-0.2, -0.15) is 0 Å². The number of imide groups is 2. The van der Waals surface area contributed by atoms with Crippen LogP contribution in [0.5, 0.6) is 5.75 Å². The van der Waals surface area contributed by atoms with E-state index < -0.39 is 17.8 Å². The van der Waals surface area contributed by atoms with Gasteiger partial charge in [0.1, 0.15) is 11.3 Å². The maximum atomic E-state index is 13.2. The Hall–Kier alpha value is -4.13. The molecule has 1 N–H and O–H groups in total. The molecule has 7 nitrogen and oxygen atoms in total. The Bertz CT molecular complexity index is 1300. The Morgan fingerprint density at radius 2 is 1.48 bits per heavy atom. The van der Waals surface area contributed by atoms with E-state index in [0.29, 0.717) is 11.4 Å². The molecule has 0 bridgehead atoms. The zero-order valence-corrected chi connectivity index (χ0v) is 19.2. The summed E-state index contributed by atoms with van der Waals surface area (Å²) in [5.74, 6) is -0.801. The summed E-state index contributed by atoms with van der Waals surface area (Å²) >= 11 is 0. The first-order valence-electron chi connectivity index (χ1n) is 10.5. The lowest BCUT2D eigenvalue weighted by Crippen LogP contribution is -2.54. The van der Waals surface area contributed by atoms with Crippen molar-refractivity contribution in [1.29, 1.82) is 0 Å². The lowest BCUT2D eigenvalue weighted by Gasteiger charge is -2.26. The normalized spacial score (nSPS) is 15.2. The number of aryl methyl sites for hydroxylation is 3. The molecule has 1 aromatic heterocycles. The lowest BCUT2D eigenvalue weighted by molar-refractivity contribution is -0.122. The summed E-state index contributed by atoms with van der Waals surface area (Å²) in [6.07, 6.45) is 1.54. The molecule has 1 fully saturated rings. The molecule has 2 heterocycles. The number of hydrogen-bond acceptors (Lipinski definition) is 4. The van der Waals surface area contributed by atoms with Crippen molar-refractivity contribution in [3.63, 3.8) is 0 Å². The summed E-state index contributed by atoms with van der Waals surface area (Å²) in [6, 6.07) is 13.9. The topological polar surface area (TPSA) is 80.6 Å². The highest BCUT2D eigenvalue weighted by Crippen LogP contribution is 2.27. The van der Waals surface area contributed by atoms with E-state index in [1.807, 2.05) is 33.8 Å². The standard InChI is InChI=1S/C26H25N3O4/c1-15-10-16(2)12-21(11-15)28-17(3)13-19(18(28)4)14-23-24(30)27-26(32)29(25(23)31)20-6-8-22(33-5)9-7-20/h6-14H,1-5H3,(H,27,30,32)/b23-14+. The molecule has 0 unspecified atom stereocenters. The minimum Gasteiger partial charge on any atom is -0.497 e.